The summed E-state index contributed by atoms with van der Waals surface area (Å²) >= 11 is 0. The van der Waals surface area contributed by atoms with Crippen molar-refractivity contribution in [2.45, 2.75) is 27.2 Å². The third-order valence-electron chi connectivity index (χ3n) is 5.05. The van der Waals surface area contributed by atoms with Crippen LogP contribution in [0.15, 0.2) is 36.8 Å². The van der Waals surface area contributed by atoms with E-state index in [0.717, 1.165) is 49.8 Å². The second-order valence-electron chi connectivity index (χ2n) is 7.00. The van der Waals surface area contributed by atoms with Crippen molar-refractivity contribution >= 4 is 17.0 Å². The molecule has 1 saturated heterocycles. The quantitative estimate of drug-likeness (QED) is 0.782. The number of imidazole rings is 1. The molecular formula is C20H29N5. The summed E-state index contributed by atoms with van der Waals surface area (Å²) in [6.45, 7) is 10.7. The van der Waals surface area contributed by atoms with Gasteiger partial charge in [-0.3, -0.25) is 4.40 Å². The molecule has 0 bridgehead atoms. The summed E-state index contributed by atoms with van der Waals surface area (Å²) in [7, 11) is 2.17. The lowest BCUT2D eigenvalue weighted by molar-refractivity contribution is 0.312. The number of nitrogens with zero attached hydrogens (tertiary/aromatic N) is 5. The van der Waals surface area contributed by atoms with Gasteiger partial charge < -0.3 is 9.80 Å². The van der Waals surface area contributed by atoms with Gasteiger partial charge in [0, 0.05) is 38.6 Å². The summed E-state index contributed by atoms with van der Waals surface area (Å²) in [5, 5.41) is 0. The molecule has 0 aromatic carbocycles. The summed E-state index contributed by atoms with van der Waals surface area (Å²) in [5.74, 6) is 1.60. The third-order valence-corrected chi connectivity index (χ3v) is 5.05. The topological polar surface area (TPSA) is 36.7 Å². The molecule has 1 aliphatic heterocycles. The molecule has 0 saturated carbocycles. The number of hydrogen-bond acceptors (Lipinski definition) is 4. The zero-order valence-corrected chi connectivity index (χ0v) is 15.8. The Morgan fingerprint density at radius 1 is 1.24 bits per heavy atom. The van der Waals surface area contributed by atoms with Crippen molar-refractivity contribution in [1.29, 1.82) is 0 Å². The van der Waals surface area contributed by atoms with E-state index in [2.05, 4.69) is 65.2 Å². The Balaban J connectivity index is 1.89. The van der Waals surface area contributed by atoms with E-state index in [1.807, 2.05) is 18.6 Å². The first-order valence-electron chi connectivity index (χ1n) is 9.21. The number of fused-ring (bicyclic) bond motifs is 1. The number of aromatic nitrogens is 3. The van der Waals surface area contributed by atoms with Crippen LogP contribution in [0.2, 0.25) is 0 Å². The summed E-state index contributed by atoms with van der Waals surface area (Å²) in [4.78, 5) is 14.0. The average Bonchev–Trinajstić information content (AvgIpc) is 3.11. The monoisotopic (exact) mass is 339 g/mol. The van der Waals surface area contributed by atoms with Crippen LogP contribution in [-0.2, 0) is 0 Å². The predicted molar refractivity (Wildman–Crippen MR) is 105 cm³/mol. The number of anilines is 1. The summed E-state index contributed by atoms with van der Waals surface area (Å²) < 4.78 is 2.16. The molecule has 25 heavy (non-hydrogen) atoms. The van der Waals surface area contributed by atoms with Crippen molar-refractivity contribution in [3.8, 4) is 0 Å². The van der Waals surface area contributed by atoms with Gasteiger partial charge in [-0.2, -0.15) is 0 Å². The summed E-state index contributed by atoms with van der Waals surface area (Å²) in [5.41, 5.74) is 3.24. The van der Waals surface area contributed by atoms with Gasteiger partial charge in [-0.15, -0.1) is 0 Å². The average molecular weight is 339 g/mol. The minimum atomic E-state index is 0.607. The van der Waals surface area contributed by atoms with E-state index in [1.165, 1.54) is 5.57 Å². The predicted octanol–water partition coefficient (Wildman–Crippen LogP) is 3.49. The highest BCUT2D eigenvalue weighted by atomic mass is 15.3. The van der Waals surface area contributed by atoms with Gasteiger partial charge in [-0.1, -0.05) is 38.5 Å². The molecule has 0 amide bonds. The maximum atomic E-state index is 4.77. The van der Waals surface area contributed by atoms with Crippen LogP contribution >= 0.6 is 0 Å². The van der Waals surface area contributed by atoms with Crippen LogP contribution in [0.3, 0.4) is 0 Å². The molecule has 1 fully saturated rings. The van der Waals surface area contributed by atoms with E-state index < -0.39 is 0 Å². The number of hydrogen-bond donors (Lipinski definition) is 0. The Morgan fingerprint density at radius 2 is 2.00 bits per heavy atom. The first-order chi connectivity index (χ1) is 12.1. The number of piperazine rings is 1. The molecule has 0 aliphatic carbocycles. The Labute approximate surface area is 150 Å². The van der Waals surface area contributed by atoms with E-state index in [0.29, 0.717) is 5.92 Å². The maximum Gasteiger partial charge on any atom is 0.180 e. The molecule has 5 heteroatoms. The van der Waals surface area contributed by atoms with Crippen molar-refractivity contribution in [3.63, 3.8) is 0 Å². The highest BCUT2D eigenvalue weighted by Crippen LogP contribution is 2.23. The molecule has 0 radical (unpaired) electrons. The normalized spacial score (nSPS) is 18.4. The molecule has 2 aromatic heterocycles. The van der Waals surface area contributed by atoms with Crippen LogP contribution in [0.1, 0.15) is 32.9 Å². The fourth-order valence-corrected chi connectivity index (χ4v) is 3.05. The largest absolute Gasteiger partial charge is 0.351 e. The molecular weight excluding hydrogens is 310 g/mol. The lowest BCUT2D eigenvalue weighted by Gasteiger charge is -2.33. The minimum Gasteiger partial charge on any atom is -0.351 e. The standard InChI is InChI=1S/C20H29N5/c1-5-16(2)7-6-8-17(3)18-15-22-19(20-21-9-10-25(18)20)24-13-11-23(4)12-14-24/h6-10,15-16H,5,11-14H2,1-4H3/b7-6-,17-8+/t16-/m1/s1. The molecule has 0 N–H and O–H groups in total. The van der Waals surface area contributed by atoms with Gasteiger partial charge in [-0.25, -0.2) is 9.97 Å². The Kier molecular flexibility index (Phi) is 5.53. The highest BCUT2D eigenvalue weighted by Gasteiger charge is 2.19. The van der Waals surface area contributed by atoms with Crippen LogP contribution < -0.4 is 4.90 Å². The summed E-state index contributed by atoms with van der Waals surface area (Å²) in [6.07, 6.45) is 13.6. The molecule has 3 rings (SSSR count). The van der Waals surface area contributed by atoms with Crippen LogP contribution in [0.25, 0.3) is 11.2 Å². The Hall–Kier alpha value is -2.14. The molecule has 0 spiro atoms. The van der Waals surface area contributed by atoms with E-state index in [1.54, 1.807) is 0 Å². The SMILES string of the molecule is CC[C@@H](C)/C=C\C=C(/C)c1cnc(N2CCN(C)CC2)c2nccn12. The van der Waals surface area contributed by atoms with Gasteiger partial charge in [0.2, 0.25) is 0 Å². The van der Waals surface area contributed by atoms with Crippen LogP contribution in [0, 0.1) is 5.92 Å². The van der Waals surface area contributed by atoms with Gasteiger partial charge in [0.25, 0.3) is 0 Å². The second kappa shape index (κ2) is 7.83. The fourth-order valence-electron chi connectivity index (χ4n) is 3.05. The lowest BCUT2D eigenvalue weighted by Crippen LogP contribution is -2.45. The lowest BCUT2D eigenvalue weighted by atomic mass is 10.1. The van der Waals surface area contributed by atoms with Crippen molar-refractivity contribution in [2.75, 3.05) is 38.1 Å². The highest BCUT2D eigenvalue weighted by molar-refractivity contribution is 5.71. The molecule has 0 unspecified atom stereocenters. The first-order valence-corrected chi connectivity index (χ1v) is 9.21. The van der Waals surface area contributed by atoms with Crippen molar-refractivity contribution < 1.29 is 0 Å². The van der Waals surface area contributed by atoms with Crippen LogP contribution in [-0.4, -0.2) is 52.5 Å². The number of likely N-dealkylation sites (N-methyl/N-ethyl adjacent to an activating group) is 1. The second-order valence-corrected chi connectivity index (χ2v) is 7.00. The fraction of sp³-hybridized carbons (Fsp3) is 0.500. The molecule has 134 valence electrons. The molecule has 1 aliphatic rings. The number of allylic oxidation sites excluding steroid dienone is 4. The first kappa shape index (κ1) is 17.7. The van der Waals surface area contributed by atoms with E-state index in [9.17, 15) is 0 Å². The van der Waals surface area contributed by atoms with E-state index in [4.69, 9.17) is 4.98 Å². The third kappa shape index (κ3) is 3.93. The van der Waals surface area contributed by atoms with Gasteiger partial charge in [-0.05, 0) is 25.5 Å². The van der Waals surface area contributed by atoms with Crippen molar-refractivity contribution in [2.24, 2.45) is 5.92 Å². The number of rotatable bonds is 5. The minimum absolute atomic E-state index is 0.607. The molecule has 1 atom stereocenters. The Bertz CT molecular complexity index is 765. The van der Waals surface area contributed by atoms with Crippen molar-refractivity contribution in [3.05, 3.63) is 42.5 Å². The van der Waals surface area contributed by atoms with E-state index in [-0.39, 0.29) is 0 Å². The van der Waals surface area contributed by atoms with Gasteiger partial charge >= 0.3 is 0 Å². The maximum absolute atomic E-state index is 4.77. The van der Waals surface area contributed by atoms with Crippen LogP contribution in [0.4, 0.5) is 5.82 Å². The zero-order chi connectivity index (χ0) is 17.8. The molecule has 2 aromatic rings. The van der Waals surface area contributed by atoms with Crippen molar-refractivity contribution in [1.82, 2.24) is 19.3 Å². The van der Waals surface area contributed by atoms with Gasteiger partial charge in [0.05, 0.1) is 11.9 Å². The zero-order valence-electron chi connectivity index (χ0n) is 15.8. The smallest absolute Gasteiger partial charge is 0.180 e. The van der Waals surface area contributed by atoms with Gasteiger partial charge in [0.15, 0.2) is 11.5 Å². The van der Waals surface area contributed by atoms with Crippen LogP contribution in [0.5, 0.6) is 0 Å². The molecule has 5 nitrogen and oxygen atoms in total. The van der Waals surface area contributed by atoms with E-state index >= 15 is 0 Å². The molecule has 3 heterocycles. The summed E-state index contributed by atoms with van der Waals surface area (Å²) in [6, 6.07) is 0. The Morgan fingerprint density at radius 3 is 2.72 bits per heavy atom. The van der Waals surface area contributed by atoms with Gasteiger partial charge in [0.1, 0.15) is 0 Å².